The summed E-state index contributed by atoms with van der Waals surface area (Å²) in [6.45, 7) is 5.38. The Morgan fingerprint density at radius 2 is 1.83 bits per heavy atom. The van der Waals surface area contributed by atoms with Crippen LogP contribution in [0.25, 0.3) is 17.0 Å². The van der Waals surface area contributed by atoms with Crippen LogP contribution >= 0.6 is 23.2 Å². The highest BCUT2D eigenvalue weighted by molar-refractivity contribution is 6.39. The minimum atomic E-state index is -1.21. The summed E-state index contributed by atoms with van der Waals surface area (Å²) in [4.78, 5) is 41.4. The number of benzene rings is 2. The van der Waals surface area contributed by atoms with Crippen molar-refractivity contribution < 1.29 is 24.2 Å². The zero-order valence-corrected chi connectivity index (χ0v) is 20.8. The molecule has 0 aliphatic carbocycles. The van der Waals surface area contributed by atoms with Crippen molar-refractivity contribution in [2.24, 2.45) is 0 Å². The summed E-state index contributed by atoms with van der Waals surface area (Å²) in [6.07, 6.45) is 1.02. The van der Waals surface area contributed by atoms with E-state index in [1.54, 1.807) is 57.2 Å². The summed E-state index contributed by atoms with van der Waals surface area (Å²) >= 11 is 12.5. The Balaban J connectivity index is 1.82. The lowest BCUT2D eigenvalue weighted by molar-refractivity contribution is -0.119. The van der Waals surface area contributed by atoms with Crippen molar-refractivity contribution in [2.75, 3.05) is 11.6 Å². The van der Waals surface area contributed by atoms with Crippen LogP contribution in [0, 0.1) is 0 Å². The van der Waals surface area contributed by atoms with Gasteiger partial charge in [-0.15, -0.1) is 0 Å². The van der Waals surface area contributed by atoms with E-state index >= 15 is 0 Å². The van der Waals surface area contributed by atoms with Gasteiger partial charge in [0.25, 0.3) is 5.91 Å². The van der Waals surface area contributed by atoms with Gasteiger partial charge in [-0.1, -0.05) is 41.4 Å². The van der Waals surface area contributed by atoms with Gasteiger partial charge in [-0.05, 0) is 57.5 Å². The number of halogens is 2. The lowest BCUT2D eigenvalue weighted by Gasteiger charge is -2.39. The SMILES string of the molecule is CC(C)(C)OC(=O)N1CCC(=Cc2c(C(=O)O)[nH]c3cc(Cl)cc(Cl)c23)C(=O)N1c1ccccc1. The normalized spacial score (nSPS) is 15.7. The number of aromatic amines is 1. The molecule has 1 aromatic heterocycles. The van der Waals surface area contributed by atoms with Crippen molar-refractivity contribution in [3.05, 3.63) is 69.3 Å². The number of anilines is 1. The average Bonchev–Trinajstić information content (AvgIpc) is 3.13. The minimum Gasteiger partial charge on any atom is -0.477 e. The molecular weight excluding hydrogens is 493 g/mol. The Labute approximate surface area is 211 Å². The molecule has 0 atom stereocenters. The van der Waals surface area contributed by atoms with E-state index in [1.807, 2.05) is 0 Å². The zero-order chi connectivity index (χ0) is 25.5. The summed E-state index contributed by atoms with van der Waals surface area (Å²) < 4.78 is 5.51. The lowest BCUT2D eigenvalue weighted by Crippen LogP contribution is -2.55. The van der Waals surface area contributed by atoms with Crippen LogP contribution in [-0.2, 0) is 9.53 Å². The van der Waals surface area contributed by atoms with Crippen molar-refractivity contribution in [3.8, 4) is 0 Å². The van der Waals surface area contributed by atoms with Crippen molar-refractivity contribution in [3.63, 3.8) is 0 Å². The van der Waals surface area contributed by atoms with Gasteiger partial charge in [-0.3, -0.25) is 4.79 Å². The number of ether oxygens (including phenoxy) is 1. The molecule has 2 N–H and O–H groups in total. The van der Waals surface area contributed by atoms with E-state index in [9.17, 15) is 19.5 Å². The quantitative estimate of drug-likeness (QED) is 0.407. The molecule has 0 radical (unpaired) electrons. The van der Waals surface area contributed by atoms with Gasteiger partial charge in [0.2, 0.25) is 0 Å². The molecule has 0 saturated carbocycles. The van der Waals surface area contributed by atoms with E-state index in [4.69, 9.17) is 27.9 Å². The highest BCUT2D eigenvalue weighted by Crippen LogP contribution is 2.35. The van der Waals surface area contributed by atoms with Gasteiger partial charge >= 0.3 is 12.1 Å². The molecule has 8 nitrogen and oxygen atoms in total. The second kappa shape index (κ2) is 9.28. The van der Waals surface area contributed by atoms with Crippen molar-refractivity contribution in [1.82, 2.24) is 9.99 Å². The molecule has 1 saturated heterocycles. The summed E-state index contributed by atoms with van der Waals surface area (Å²) in [5, 5.41) is 13.3. The first kappa shape index (κ1) is 24.6. The molecule has 35 heavy (non-hydrogen) atoms. The maximum absolute atomic E-state index is 13.7. The van der Waals surface area contributed by atoms with Crippen LogP contribution in [0.2, 0.25) is 10.0 Å². The number of aromatic carboxylic acids is 1. The van der Waals surface area contributed by atoms with Crippen LogP contribution in [0.3, 0.4) is 0 Å². The predicted molar refractivity (Wildman–Crippen MR) is 135 cm³/mol. The third-order valence-electron chi connectivity index (χ3n) is 5.29. The van der Waals surface area contributed by atoms with Crippen LogP contribution in [0.15, 0.2) is 48.0 Å². The highest BCUT2D eigenvalue weighted by Gasteiger charge is 2.37. The van der Waals surface area contributed by atoms with Gasteiger partial charge in [0.1, 0.15) is 11.3 Å². The molecule has 1 aliphatic heterocycles. The summed E-state index contributed by atoms with van der Waals surface area (Å²) in [5.74, 6) is -1.69. The molecule has 0 spiro atoms. The van der Waals surface area contributed by atoms with Gasteiger partial charge in [-0.2, -0.15) is 0 Å². The number of amides is 2. The first-order valence-electron chi connectivity index (χ1n) is 10.8. The Morgan fingerprint density at radius 3 is 2.46 bits per heavy atom. The van der Waals surface area contributed by atoms with E-state index in [0.29, 0.717) is 27.2 Å². The number of aromatic nitrogens is 1. The first-order chi connectivity index (χ1) is 16.5. The second-order valence-electron chi connectivity index (χ2n) is 9.00. The van der Waals surface area contributed by atoms with Crippen molar-refractivity contribution >= 4 is 63.8 Å². The number of rotatable bonds is 3. The molecule has 2 amide bonds. The van der Waals surface area contributed by atoms with E-state index in [-0.39, 0.29) is 29.2 Å². The number of para-hydroxylation sites is 1. The number of fused-ring (bicyclic) bond motifs is 1. The summed E-state index contributed by atoms with van der Waals surface area (Å²) in [6, 6.07) is 11.8. The molecule has 1 aliphatic rings. The van der Waals surface area contributed by atoms with E-state index < -0.39 is 23.6 Å². The fraction of sp³-hybridized carbons (Fsp3) is 0.240. The van der Waals surface area contributed by atoms with Crippen LogP contribution in [0.5, 0.6) is 0 Å². The molecule has 10 heteroatoms. The molecular formula is C25H23Cl2N3O5. The van der Waals surface area contributed by atoms with Crippen LogP contribution in [-0.4, -0.2) is 45.2 Å². The molecule has 1 fully saturated rings. The minimum absolute atomic E-state index is 0.120. The second-order valence-corrected chi connectivity index (χ2v) is 9.85. The molecule has 4 rings (SSSR count). The van der Waals surface area contributed by atoms with Gasteiger partial charge in [0, 0.05) is 27.1 Å². The Hall–Kier alpha value is -3.49. The zero-order valence-electron chi connectivity index (χ0n) is 19.3. The number of hydrogen-bond acceptors (Lipinski definition) is 4. The topological polar surface area (TPSA) is 103 Å². The number of nitrogens with zero attached hydrogens (tertiary/aromatic N) is 2. The van der Waals surface area contributed by atoms with E-state index in [1.165, 1.54) is 22.2 Å². The number of carboxylic acid groups (broad SMARTS) is 1. The van der Waals surface area contributed by atoms with Crippen LogP contribution < -0.4 is 5.01 Å². The number of hydrogen-bond donors (Lipinski definition) is 2. The number of hydrazine groups is 1. The average molecular weight is 516 g/mol. The standard InChI is InChI=1S/C25H23Cl2N3O5/c1-25(2,3)35-24(34)29-10-9-14(22(31)30(29)16-7-5-4-6-8-16)11-17-20-18(27)12-15(26)13-19(20)28-21(17)23(32)33/h4-8,11-13,28H,9-10H2,1-3H3,(H,32,33). The maximum Gasteiger partial charge on any atom is 0.429 e. The number of H-pyrrole nitrogens is 1. The maximum atomic E-state index is 13.7. The van der Waals surface area contributed by atoms with Gasteiger partial charge in [0.05, 0.1) is 17.3 Å². The highest BCUT2D eigenvalue weighted by atomic mass is 35.5. The summed E-state index contributed by atoms with van der Waals surface area (Å²) in [7, 11) is 0. The number of carbonyl (C=O) groups is 3. The largest absolute Gasteiger partial charge is 0.477 e. The fourth-order valence-corrected chi connectivity index (χ4v) is 4.48. The van der Waals surface area contributed by atoms with E-state index in [0.717, 1.165) is 0 Å². The molecule has 0 bridgehead atoms. The molecule has 2 heterocycles. The van der Waals surface area contributed by atoms with Crippen molar-refractivity contribution in [2.45, 2.75) is 32.8 Å². The monoisotopic (exact) mass is 515 g/mol. The third kappa shape index (κ3) is 4.99. The lowest BCUT2D eigenvalue weighted by atomic mass is 10.0. The summed E-state index contributed by atoms with van der Waals surface area (Å²) in [5.41, 5.74) is 0.600. The van der Waals surface area contributed by atoms with Gasteiger partial charge < -0.3 is 14.8 Å². The Kier molecular flexibility index (Phi) is 6.53. The van der Waals surface area contributed by atoms with Gasteiger partial charge in [0.15, 0.2) is 0 Å². The molecule has 3 aromatic rings. The number of carbonyl (C=O) groups excluding carboxylic acids is 2. The first-order valence-corrected chi connectivity index (χ1v) is 11.6. The fourth-order valence-electron chi connectivity index (χ4n) is 3.89. The van der Waals surface area contributed by atoms with Crippen molar-refractivity contribution in [1.29, 1.82) is 0 Å². The van der Waals surface area contributed by atoms with Crippen LogP contribution in [0.1, 0.15) is 43.2 Å². The third-order valence-corrected chi connectivity index (χ3v) is 5.81. The van der Waals surface area contributed by atoms with E-state index in [2.05, 4.69) is 4.98 Å². The molecule has 0 unspecified atom stereocenters. The number of nitrogens with one attached hydrogen (secondary N) is 1. The number of carboxylic acids is 1. The Morgan fingerprint density at radius 1 is 1.14 bits per heavy atom. The predicted octanol–water partition coefficient (Wildman–Crippen LogP) is 6.15. The smallest absolute Gasteiger partial charge is 0.429 e. The van der Waals surface area contributed by atoms with Crippen LogP contribution in [0.4, 0.5) is 10.5 Å². The van der Waals surface area contributed by atoms with Gasteiger partial charge in [-0.25, -0.2) is 19.6 Å². The Bertz CT molecular complexity index is 1360. The molecule has 182 valence electrons. The molecule has 2 aromatic carbocycles.